The van der Waals surface area contributed by atoms with Crippen LogP contribution in [0.2, 0.25) is 0 Å². The number of nitrogens with one attached hydrogen (secondary N) is 1. The number of rotatable bonds is 10. The molecule has 170 valence electrons. The second kappa shape index (κ2) is 10.3. The van der Waals surface area contributed by atoms with E-state index in [0.717, 1.165) is 12.8 Å². The topological polar surface area (TPSA) is 136 Å². The zero-order valence-electron chi connectivity index (χ0n) is 17.2. The molecule has 2 aromatic carbocycles. The Bertz CT molecular complexity index is 1090. The molecule has 0 spiro atoms. The van der Waals surface area contributed by atoms with E-state index in [1.165, 1.54) is 46.8 Å². The normalized spacial score (nSPS) is 14.1. The summed E-state index contributed by atoms with van der Waals surface area (Å²) in [5.74, 6) is -1.10. The fourth-order valence-electron chi connectivity index (χ4n) is 3.27. The van der Waals surface area contributed by atoms with E-state index in [1.807, 2.05) is 0 Å². The van der Waals surface area contributed by atoms with Gasteiger partial charge < -0.3 is 10.1 Å². The highest BCUT2D eigenvalue weighted by Crippen LogP contribution is 2.23. The number of Topliss-reactive ketones (excluding diaryl/α,β-unsaturated/α-hetero) is 1. The second-order valence-corrected chi connectivity index (χ2v) is 9.11. The molecule has 0 unspecified atom stereocenters. The van der Waals surface area contributed by atoms with Gasteiger partial charge in [-0.2, -0.15) is 4.31 Å². The molecular formula is C21H23N3O7S. The van der Waals surface area contributed by atoms with E-state index in [0.29, 0.717) is 13.1 Å². The van der Waals surface area contributed by atoms with E-state index >= 15 is 0 Å². The number of carbonyl (C=O) groups is 2. The summed E-state index contributed by atoms with van der Waals surface area (Å²) in [5, 5.41) is 13.8. The molecule has 32 heavy (non-hydrogen) atoms. The Morgan fingerprint density at radius 3 is 2.38 bits per heavy atom. The molecule has 0 atom stereocenters. The molecule has 1 saturated heterocycles. The highest BCUT2D eigenvalue weighted by Gasteiger charge is 2.27. The summed E-state index contributed by atoms with van der Waals surface area (Å²) in [7, 11) is -3.56. The van der Waals surface area contributed by atoms with Crippen LogP contribution in [-0.4, -0.2) is 55.6 Å². The molecule has 0 aromatic heterocycles. The highest BCUT2D eigenvalue weighted by atomic mass is 32.2. The van der Waals surface area contributed by atoms with E-state index < -0.39 is 33.3 Å². The number of hydrogen-bond donors (Lipinski definition) is 1. The molecule has 1 aliphatic heterocycles. The Morgan fingerprint density at radius 2 is 1.72 bits per heavy atom. The van der Waals surface area contributed by atoms with Gasteiger partial charge in [-0.05, 0) is 43.2 Å². The van der Waals surface area contributed by atoms with Gasteiger partial charge in [-0.15, -0.1) is 0 Å². The van der Waals surface area contributed by atoms with Crippen LogP contribution in [0.5, 0.6) is 0 Å². The monoisotopic (exact) mass is 461 g/mol. The summed E-state index contributed by atoms with van der Waals surface area (Å²) in [6.45, 7) is 0.598. The van der Waals surface area contributed by atoms with Crippen LogP contribution in [0.4, 0.5) is 11.4 Å². The molecule has 10 nitrogen and oxygen atoms in total. The summed E-state index contributed by atoms with van der Waals surface area (Å²) in [6.07, 6.45) is 1.57. The van der Waals surface area contributed by atoms with Crippen LogP contribution < -0.4 is 5.32 Å². The molecule has 0 saturated carbocycles. The predicted molar refractivity (Wildman–Crippen MR) is 116 cm³/mol. The van der Waals surface area contributed by atoms with Gasteiger partial charge >= 0.3 is 5.97 Å². The first-order valence-electron chi connectivity index (χ1n) is 10.1. The molecule has 2 aromatic rings. The average Bonchev–Trinajstić information content (AvgIpc) is 3.34. The number of esters is 1. The third kappa shape index (κ3) is 5.68. The first kappa shape index (κ1) is 23.4. The van der Waals surface area contributed by atoms with E-state index in [9.17, 15) is 28.1 Å². The predicted octanol–water partition coefficient (Wildman–Crippen LogP) is 2.61. The number of ketones is 1. The molecule has 0 aliphatic carbocycles. The van der Waals surface area contributed by atoms with Gasteiger partial charge in [-0.25, -0.2) is 8.42 Å². The SMILES string of the molecule is O=C(CCNc1ccccc1[N+](=O)[O-])OCC(=O)c1ccc(S(=O)(=O)N2CCCC2)cc1. The molecule has 1 fully saturated rings. The van der Waals surface area contributed by atoms with Crippen molar-refractivity contribution in [2.45, 2.75) is 24.2 Å². The number of hydrogen-bond acceptors (Lipinski definition) is 8. The lowest BCUT2D eigenvalue weighted by Crippen LogP contribution is -2.27. The minimum atomic E-state index is -3.56. The summed E-state index contributed by atoms with van der Waals surface area (Å²) in [5.41, 5.74) is 0.410. The van der Waals surface area contributed by atoms with Crippen LogP contribution in [0, 0.1) is 10.1 Å². The number of para-hydroxylation sites is 2. The van der Waals surface area contributed by atoms with E-state index in [4.69, 9.17) is 4.74 Å². The van der Waals surface area contributed by atoms with Gasteiger partial charge in [0.1, 0.15) is 5.69 Å². The summed E-state index contributed by atoms with van der Waals surface area (Å²) in [6, 6.07) is 11.6. The maximum atomic E-state index is 12.5. The van der Waals surface area contributed by atoms with Crippen LogP contribution in [0.25, 0.3) is 0 Å². The summed E-state index contributed by atoms with van der Waals surface area (Å²) in [4.78, 5) is 34.7. The molecule has 11 heteroatoms. The fourth-order valence-corrected chi connectivity index (χ4v) is 4.79. The molecule has 0 bridgehead atoms. The zero-order chi connectivity index (χ0) is 23.1. The van der Waals surface area contributed by atoms with Gasteiger partial charge in [0.05, 0.1) is 16.2 Å². The van der Waals surface area contributed by atoms with Crippen molar-refractivity contribution in [2.24, 2.45) is 0 Å². The summed E-state index contributed by atoms with van der Waals surface area (Å²) >= 11 is 0. The number of anilines is 1. The highest BCUT2D eigenvalue weighted by molar-refractivity contribution is 7.89. The standard InChI is InChI=1S/C21H23N3O7S/c25-20(16-7-9-17(10-8-16)32(29,30)23-13-3-4-14-23)15-31-21(26)11-12-22-18-5-1-2-6-19(18)24(27)28/h1-2,5-10,22H,3-4,11-15H2. The summed E-state index contributed by atoms with van der Waals surface area (Å²) < 4.78 is 31.4. The minimum Gasteiger partial charge on any atom is -0.457 e. The molecule has 0 amide bonds. The van der Waals surface area contributed by atoms with Crippen LogP contribution in [0.15, 0.2) is 53.4 Å². The number of carbonyl (C=O) groups excluding carboxylic acids is 2. The van der Waals surface area contributed by atoms with E-state index in [1.54, 1.807) is 6.07 Å². The smallest absolute Gasteiger partial charge is 0.308 e. The third-order valence-electron chi connectivity index (χ3n) is 4.99. The maximum Gasteiger partial charge on any atom is 0.308 e. The van der Waals surface area contributed by atoms with Crippen LogP contribution in [0.1, 0.15) is 29.6 Å². The van der Waals surface area contributed by atoms with Gasteiger partial charge in [0.2, 0.25) is 10.0 Å². The molecule has 1 heterocycles. The Balaban J connectivity index is 1.47. The minimum absolute atomic E-state index is 0.0909. The Labute approximate surface area is 185 Å². The van der Waals surface area contributed by atoms with Gasteiger partial charge in [0.15, 0.2) is 12.4 Å². The fraction of sp³-hybridized carbons (Fsp3) is 0.333. The van der Waals surface area contributed by atoms with Crippen molar-refractivity contribution in [1.82, 2.24) is 4.31 Å². The van der Waals surface area contributed by atoms with Crippen LogP contribution in [0.3, 0.4) is 0 Å². The molecular weight excluding hydrogens is 438 g/mol. The van der Waals surface area contributed by atoms with Crippen molar-refractivity contribution in [2.75, 3.05) is 31.6 Å². The molecule has 1 N–H and O–H groups in total. The molecule has 1 aliphatic rings. The van der Waals surface area contributed by atoms with E-state index in [2.05, 4.69) is 5.32 Å². The number of ether oxygens (including phenoxy) is 1. The van der Waals surface area contributed by atoms with Crippen LogP contribution >= 0.6 is 0 Å². The van der Waals surface area contributed by atoms with Crippen molar-refractivity contribution < 1.29 is 27.7 Å². The van der Waals surface area contributed by atoms with Gasteiger partial charge in [0.25, 0.3) is 5.69 Å². The van der Waals surface area contributed by atoms with E-state index in [-0.39, 0.29) is 34.8 Å². The van der Waals surface area contributed by atoms with Crippen molar-refractivity contribution >= 4 is 33.2 Å². The van der Waals surface area contributed by atoms with Gasteiger partial charge in [0, 0.05) is 31.3 Å². The van der Waals surface area contributed by atoms with Gasteiger partial charge in [-0.1, -0.05) is 12.1 Å². The Morgan fingerprint density at radius 1 is 1.06 bits per heavy atom. The molecule has 0 radical (unpaired) electrons. The quantitative estimate of drug-likeness (QED) is 0.247. The lowest BCUT2D eigenvalue weighted by atomic mass is 10.1. The molecule has 3 rings (SSSR count). The first-order chi connectivity index (χ1) is 15.3. The number of sulfonamides is 1. The number of benzene rings is 2. The largest absolute Gasteiger partial charge is 0.457 e. The zero-order valence-corrected chi connectivity index (χ0v) is 18.0. The Kier molecular flexibility index (Phi) is 7.54. The lowest BCUT2D eigenvalue weighted by molar-refractivity contribution is -0.384. The van der Waals surface area contributed by atoms with Crippen molar-refractivity contribution in [1.29, 1.82) is 0 Å². The second-order valence-electron chi connectivity index (χ2n) is 7.17. The third-order valence-corrected chi connectivity index (χ3v) is 6.90. The number of nitro benzene ring substituents is 1. The Hall–Kier alpha value is -3.31. The van der Waals surface area contributed by atoms with Crippen LogP contribution in [-0.2, 0) is 19.6 Å². The lowest BCUT2D eigenvalue weighted by Gasteiger charge is -2.15. The average molecular weight is 461 g/mol. The van der Waals surface area contributed by atoms with Crippen molar-refractivity contribution in [3.05, 3.63) is 64.2 Å². The number of nitro groups is 1. The van der Waals surface area contributed by atoms with Crippen molar-refractivity contribution in [3.8, 4) is 0 Å². The van der Waals surface area contributed by atoms with Crippen molar-refractivity contribution in [3.63, 3.8) is 0 Å². The maximum absolute atomic E-state index is 12.5. The van der Waals surface area contributed by atoms with Gasteiger partial charge in [-0.3, -0.25) is 19.7 Å². The first-order valence-corrected chi connectivity index (χ1v) is 11.5. The number of nitrogens with zero attached hydrogens (tertiary/aromatic N) is 2.